The topological polar surface area (TPSA) is 90.8 Å². The molecule has 2 amide bonds. The lowest BCUT2D eigenvalue weighted by Crippen LogP contribution is -2.62. The number of benzene rings is 2. The molecule has 0 spiro atoms. The Morgan fingerprint density at radius 2 is 1.82 bits per heavy atom. The number of thiazole rings is 1. The van der Waals surface area contributed by atoms with E-state index in [2.05, 4.69) is 17.1 Å². The molecule has 1 aliphatic carbocycles. The van der Waals surface area contributed by atoms with Gasteiger partial charge in [0.15, 0.2) is 5.78 Å². The molecular weight excluding hydrogens is 522 g/mol. The fourth-order valence-electron chi connectivity index (χ4n) is 6.78. The molecule has 0 radical (unpaired) electrons. The van der Waals surface area contributed by atoms with E-state index in [-0.39, 0.29) is 30.6 Å². The number of aliphatic hydroxyl groups excluding tert-OH is 1. The monoisotopic (exact) mass is 557 g/mol. The third-order valence-corrected chi connectivity index (χ3v) is 9.93. The van der Waals surface area contributed by atoms with Crippen LogP contribution in [-0.4, -0.2) is 61.7 Å². The first-order valence-corrected chi connectivity index (χ1v) is 15.2. The number of β-amino-alcohol motifs (C(OH)–C–C–N with tert-alkyl or cyclic N) is 1. The van der Waals surface area contributed by atoms with Crippen LogP contribution < -0.4 is 0 Å². The van der Waals surface area contributed by atoms with Crippen molar-refractivity contribution in [3.05, 3.63) is 76.4 Å². The Labute approximate surface area is 238 Å². The summed E-state index contributed by atoms with van der Waals surface area (Å²) in [6, 6.07) is 15.1. The smallest absolute Gasteiger partial charge is 0.255 e. The third-order valence-electron chi connectivity index (χ3n) is 8.95. The maximum Gasteiger partial charge on any atom is 0.255 e. The van der Waals surface area contributed by atoms with Crippen LogP contribution in [0.5, 0.6) is 0 Å². The van der Waals surface area contributed by atoms with Crippen molar-refractivity contribution in [2.75, 3.05) is 6.54 Å². The fraction of sp³-hybridized carbons (Fsp3) is 0.438. The van der Waals surface area contributed by atoms with Gasteiger partial charge in [0.25, 0.3) is 5.91 Å². The van der Waals surface area contributed by atoms with Crippen molar-refractivity contribution in [2.45, 2.75) is 82.5 Å². The van der Waals surface area contributed by atoms with E-state index in [9.17, 15) is 19.5 Å². The minimum absolute atomic E-state index is 0.0331. The Hall–Kier alpha value is -3.36. The van der Waals surface area contributed by atoms with Crippen molar-refractivity contribution < 1.29 is 19.5 Å². The van der Waals surface area contributed by atoms with Gasteiger partial charge in [-0.05, 0) is 48.9 Å². The summed E-state index contributed by atoms with van der Waals surface area (Å²) in [5.41, 5.74) is 5.65. The summed E-state index contributed by atoms with van der Waals surface area (Å²) < 4.78 is 0. The molecule has 1 saturated heterocycles. The van der Waals surface area contributed by atoms with Gasteiger partial charge in [0, 0.05) is 31.5 Å². The van der Waals surface area contributed by atoms with Crippen LogP contribution in [0.4, 0.5) is 0 Å². The summed E-state index contributed by atoms with van der Waals surface area (Å²) in [4.78, 5) is 50.3. The lowest BCUT2D eigenvalue weighted by molar-refractivity contribution is -0.149. The third kappa shape index (κ3) is 4.77. The highest BCUT2D eigenvalue weighted by atomic mass is 32.1. The molecule has 3 aromatic rings. The Morgan fingerprint density at radius 1 is 1.07 bits per heavy atom. The van der Waals surface area contributed by atoms with Gasteiger partial charge in [0.05, 0.1) is 28.2 Å². The molecule has 7 nitrogen and oxygen atoms in total. The Morgan fingerprint density at radius 3 is 2.52 bits per heavy atom. The number of ketones is 1. The van der Waals surface area contributed by atoms with E-state index in [4.69, 9.17) is 0 Å². The van der Waals surface area contributed by atoms with Gasteiger partial charge >= 0.3 is 0 Å². The molecule has 40 heavy (non-hydrogen) atoms. The van der Waals surface area contributed by atoms with E-state index in [0.717, 1.165) is 46.5 Å². The number of hydrogen-bond acceptors (Lipinski definition) is 6. The molecule has 1 saturated carbocycles. The lowest BCUT2D eigenvalue weighted by atomic mass is 9.78. The summed E-state index contributed by atoms with van der Waals surface area (Å²) in [5.74, 6) is -0.313. The minimum atomic E-state index is -0.971. The van der Waals surface area contributed by atoms with Gasteiger partial charge < -0.3 is 14.9 Å². The van der Waals surface area contributed by atoms with E-state index >= 15 is 0 Å². The highest BCUT2D eigenvalue weighted by molar-refractivity contribution is 7.13. The van der Waals surface area contributed by atoms with Gasteiger partial charge in [-0.25, -0.2) is 4.98 Å². The zero-order chi connectivity index (χ0) is 27.9. The molecule has 2 atom stereocenters. The second-order valence-corrected chi connectivity index (χ2v) is 12.3. The summed E-state index contributed by atoms with van der Waals surface area (Å²) in [7, 11) is 0. The quantitative estimate of drug-likeness (QED) is 0.444. The van der Waals surface area contributed by atoms with Crippen molar-refractivity contribution in [3.8, 4) is 10.4 Å². The molecule has 0 bridgehead atoms. The zero-order valence-corrected chi connectivity index (χ0v) is 23.7. The summed E-state index contributed by atoms with van der Waals surface area (Å²) in [6.07, 6.45) is 4.29. The van der Waals surface area contributed by atoms with E-state index in [1.807, 2.05) is 48.8 Å². The van der Waals surface area contributed by atoms with Crippen molar-refractivity contribution >= 4 is 28.9 Å². The Balaban J connectivity index is 1.18. The number of carbonyl (C=O) groups is 3. The van der Waals surface area contributed by atoms with E-state index < -0.39 is 17.7 Å². The van der Waals surface area contributed by atoms with Gasteiger partial charge in [0.1, 0.15) is 5.54 Å². The average molecular weight is 558 g/mol. The van der Waals surface area contributed by atoms with Crippen LogP contribution in [0.1, 0.15) is 72.1 Å². The van der Waals surface area contributed by atoms with Crippen molar-refractivity contribution in [3.63, 3.8) is 0 Å². The van der Waals surface area contributed by atoms with Crippen LogP contribution in [0.15, 0.2) is 54.0 Å². The van der Waals surface area contributed by atoms with Crippen molar-refractivity contribution in [1.29, 1.82) is 0 Å². The molecule has 2 fully saturated rings. The normalized spacial score (nSPS) is 22.0. The predicted octanol–water partition coefficient (Wildman–Crippen LogP) is 4.94. The largest absolute Gasteiger partial charge is 0.391 e. The number of nitrogens with zero attached hydrogens (tertiary/aromatic N) is 3. The standard InChI is InChI=1S/C32H35N3O4S/c1-21-29(40-20-33-21)23-12-9-22(10-13-23)11-14-28(37)27-17-25(36)19-34(27)31(39)32(15-5-2-6-16-32)35-18-24-7-3-4-8-26(24)30(35)38/h3-4,7-10,12-13,20,25,27,36H,2,5-6,11,14-19H2,1H3/t25-,27+/m1/s1. The average Bonchev–Trinajstić information content (AvgIpc) is 3.69. The molecule has 2 aliphatic heterocycles. The van der Waals surface area contributed by atoms with Crippen LogP contribution in [0.3, 0.4) is 0 Å². The Bertz CT molecular complexity index is 1430. The number of aliphatic hydroxyl groups is 1. The van der Waals surface area contributed by atoms with Gasteiger partial charge in [-0.1, -0.05) is 61.7 Å². The first-order chi connectivity index (χ1) is 19.4. The highest BCUT2D eigenvalue weighted by Crippen LogP contribution is 2.42. The molecule has 1 N–H and O–H groups in total. The molecule has 6 rings (SSSR count). The molecule has 0 unspecified atom stereocenters. The number of aromatic nitrogens is 1. The highest BCUT2D eigenvalue weighted by Gasteiger charge is 2.54. The van der Waals surface area contributed by atoms with Gasteiger partial charge in [-0.2, -0.15) is 0 Å². The molecular formula is C32H35N3O4S. The second kappa shape index (κ2) is 10.9. The van der Waals surface area contributed by atoms with Crippen LogP contribution in [-0.2, 0) is 22.6 Å². The van der Waals surface area contributed by atoms with Gasteiger partial charge in [0.2, 0.25) is 5.91 Å². The molecule has 3 aliphatic rings. The SMILES string of the molecule is Cc1ncsc1-c1ccc(CCC(=O)[C@@H]2C[C@@H](O)CN2C(=O)C2(N3Cc4ccccc4C3=O)CCCCC2)cc1. The van der Waals surface area contributed by atoms with Crippen LogP contribution in [0, 0.1) is 6.92 Å². The van der Waals surface area contributed by atoms with E-state index in [1.165, 1.54) is 0 Å². The number of hydrogen-bond donors (Lipinski definition) is 1. The van der Waals surface area contributed by atoms with Gasteiger partial charge in [-0.3, -0.25) is 14.4 Å². The van der Waals surface area contributed by atoms with Crippen molar-refractivity contribution in [1.82, 2.24) is 14.8 Å². The maximum atomic E-state index is 14.4. The van der Waals surface area contributed by atoms with Crippen LogP contribution in [0.2, 0.25) is 0 Å². The number of carbonyl (C=O) groups excluding carboxylic acids is 3. The number of aryl methyl sites for hydroxylation is 2. The van der Waals surface area contributed by atoms with E-state index in [1.54, 1.807) is 21.1 Å². The number of amides is 2. The lowest BCUT2D eigenvalue weighted by Gasteiger charge is -2.46. The first-order valence-electron chi connectivity index (χ1n) is 14.3. The number of fused-ring (bicyclic) bond motifs is 1. The summed E-state index contributed by atoms with van der Waals surface area (Å²) in [6.45, 7) is 2.54. The summed E-state index contributed by atoms with van der Waals surface area (Å²) in [5, 5.41) is 10.6. The number of rotatable bonds is 7. The Kier molecular flexibility index (Phi) is 7.31. The molecule has 3 heterocycles. The molecule has 2 aromatic carbocycles. The predicted molar refractivity (Wildman–Crippen MR) is 154 cm³/mol. The minimum Gasteiger partial charge on any atom is -0.391 e. The molecule has 1 aromatic heterocycles. The van der Waals surface area contributed by atoms with Crippen LogP contribution in [0.25, 0.3) is 10.4 Å². The van der Waals surface area contributed by atoms with Crippen molar-refractivity contribution in [2.24, 2.45) is 0 Å². The number of likely N-dealkylation sites (tertiary alicyclic amines) is 1. The van der Waals surface area contributed by atoms with Gasteiger partial charge in [-0.15, -0.1) is 11.3 Å². The summed E-state index contributed by atoms with van der Waals surface area (Å²) >= 11 is 1.61. The zero-order valence-electron chi connectivity index (χ0n) is 22.8. The first kappa shape index (κ1) is 26.8. The van der Waals surface area contributed by atoms with E-state index in [0.29, 0.717) is 37.8 Å². The number of Topliss-reactive ketones (excluding diaryl/α,β-unsaturated/α-hetero) is 1. The maximum absolute atomic E-state index is 14.4. The molecule has 208 valence electrons. The fourth-order valence-corrected chi connectivity index (χ4v) is 7.59. The van der Waals surface area contributed by atoms with Crippen LogP contribution >= 0.6 is 11.3 Å². The second-order valence-electron chi connectivity index (χ2n) is 11.4. The molecule has 8 heteroatoms.